The van der Waals surface area contributed by atoms with Gasteiger partial charge in [-0.3, -0.25) is 4.79 Å². The molecular formula is C16H23ClN2O2. The van der Waals surface area contributed by atoms with Crippen molar-refractivity contribution in [3.05, 3.63) is 29.3 Å². The smallest absolute Gasteiger partial charge is 0.252 e. The molecule has 4 nitrogen and oxygen atoms in total. The largest absolute Gasteiger partial charge is 0.496 e. The summed E-state index contributed by atoms with van der Waals surface area (Å²) in [4.78, 5) is 14.1. The van der Waals surface area contributed by atoms with Crippen molar-refractivity contribution >= 4 is 18.3 Å². The molecule has 0 saturated carbocycles. The summed E-state index contributed by atoms with van der Waals surface area (Å²) in [6.07, 6.45) is 4.85. The van der Waals surface area contributed by atoms with Gasteiger partial charge in [-0.25, -0.2) is 0 Å². The minimum atomic E-state index is -0.419. The fourth-order valence-electron chi connectivity index (χ4n) is 3.89. The zero-order valence-electron chi connectivity index (χ0n) is 12.4. The Morgan fingerprint density at radius 1 is 1.38 bits per heavy atom. The highest BCUT2D eigenvalue weighted by molar-refractivity contribution is 5.96. The molecule has 5 heteroatoms. The Labute approximate surface area is 132 Å². The van der Waals surface area contributed by atoms with Gasteiger partial charge in [-0.15, -0.1) is 12.4 Å². The number of carbonyl (C=O) groups excluding carboxylic acids is 1. The Morgan fingerprint density at radius 2 is 2.19 bits per heavy atom. The third-order valence-electron chi connectivity index (χ3n) is 4.79. The van der Waals surface area contributed by atoms with Gasteiger partial charge in [-0.2, -0.15) is 0 Å². The number of nitrogens with zero attached hydrogens (tertiary/aromatic N) is 1. The van der Waals surface area contributed by atoms with E-state index in [2.05, 4.69) is 11.0 Å². The number of halogens is 1. The summed E-state index contributed by atoms with van der Waals surface area (Å²) < 4.78 is 5.44. The van der Waals surface area contributed by atoms with Gasteiger partial charge in [0.1, 0.15) is 5.75 Å². The number of hydrogen-bond acceptors (Lipinski definition) is 3. The molecule has 0 aliphatic carbocycles. The maximum atomic E-state index is 11.5. The number of nitrogens with two attached hydrogens (primary N) is 1. The normalized spacial score (nSPS) is 24.4. The predicted molar refractivity (Wildman–Crippen MR) is 85.2 cm³/mol. The number of para-hydroxylation sites is 1. The monoisotopic (exact) mass is 310 g/mol. The number of hydrogen-bond donors (Lipinski definition) is 1. The summed E-state index contributed by atoms with van der Waals surface area (Å²) in [5, 5.41) is 0. The van der Waals surface area contributed by atoms with Crippen LogP contribution in [0.5, 0.6) is 5.75 Å². The number of rotatable bonds is 4. The van der Waals surface area contributed by atoms with Crippen molar-refractivity contribution in [2.45, 2.75) is 31.7 Å². The van der Waals surface area contributed by atoms with E-state index in [4.69, 9.17) is 10.5 Å². The van der Waals surface area contributed by atoms with Crippen molar-refractivity contribution in [1.29, 1.82) is 0 Å². The quantitative estimate of drug-likeness (QED) is 0.928. The van der Waals surface area contributed by atoms with Crippen LogP contribution in [-0.2, 0) is 6.42 Å². The third-order valence-corrected chi connectivity index (χ3v) is 4.79. The molecule has 1 aromatic carbocycles. The maximum Gasteiger partial charge on any atom is 0.252 e. The second kappa shape index (κ2) is 6.67. The van der Waals surface area contributed by atoms with Gasteiger partial charge in [0.05, 0.1) is 12.7 Å². The summed E-state index contributed by atoms with van der Waals surface area (Å²) >= 11 is 0. The van der Waals surface area contributed by atoms with E-state index in [1.165, 1.54) is 32.4 Å². The van der Waals surface area contributed by atoms with Crippen molar-refractivity contribution in [2.75, 3.05) is 20.2 Å². The van der Waals surface area contributed by atoms with E-state index in [1.54, 1.807) is 13.2 Å². The third kappa shape index (κ3) is 3.01. The van der Waals surface area contributed by atoms with E-state index in [-0.39, 0.29) is 12.4 Å². The van der Waals surface area contributed by atoms with Crippen LogP contribution in [0.2, 0.25) is 0 Å². The lowest BCUT2D eigenvalue weighted by Crippen LogP contribution is -2.27. The maximum absolute atomic E-state index is 11.5. The first-order valence-electron chi connectivity index (χ1n) is 7.40. The van der Waals surface area contributed by atoms with Gasteiger partial charge in [0.15, 0.2) is 0 Å². The number of fused-ring (bicyclic) bond motifs is 1. The molecule has 0 radical (unpaired) electrons. The Hall–Kier alpha value is -1.26. The van der Waals surface area contributed by atoms with E-state index < -0.39 is 5.91 Å². The van der Waals surface area contributed by atoms with Crippen LogP contribution in [0.1, 0.15) is 35.2 Å². The molecule has 21 heavy (non-hydrogen) atoms. The van der Waals surface area contributed by atoms with Gasteiger partial charge < -0.3 is 15.4 Å². The topological polar surface area (TPSA) is 55.6 Å². The molecule has 2 heterocycles. The van der Waals surface area contributed by atoms with Crippen molar-refractivity contribution in [1.82, 2.24) is 4.90 Å². The van der Waals surface area contributed by atoms with Gasteiger partial charge in [0, 0.05) is 6.04 Å². The average Bonchev–Trinajstić information content (AvgIpc) is 3.03. The molecular weight excluding hydrogens is 288 g/mol. The molecule has 2 saturated heterocycles. The van der Waals surface area contributed by atoms with Crippen molar-refractivity contribution < 1.29 is 9.53 Å². The lowest BCUT2D eigenvalue weighted by Gasteiger charge is -2.21. The van der Waals surface area contributed by atoms with Gasteiger partial charge in [0.2, 0.25) is 0 Å². The van der Waals surface area contributed by atoms with Crippen LogP contribution < -0.4 is 10.5 Å². The van der Waals surface area contributed by atoms with Gasteiger partial charge in [-0.05, 0) is 56.3 Å². The second-order valence-electron chi connectivity index (χ2n) is 5.86. The summed E-state index contributed by atoms with van der Waals surface area (Å²) in [7, 11) is 1.61. The SMILES string of the molecule is COc1c(CC2CCN3CCCC23)cccc1C(N)=O.Cl. The van der Waals surface area contributed by atoms with Crippen LogP contribution in [0.25, 0.3) is 0 Å². The van der Waals surface area contributed by atoms with E-state index >= 15 is 0 Å². The van der Waals surface area contributed by atoms with E-state index in [0.717, 1.165) is 18.0 Å². The molecule has 0 spiro atoms. The van der Waals surface area contributed by atoms with E-state index in [0.29, 0.717) is 17.2 Å². The van der Waals surface area contributed by atoms with Crippen LogP contribution >= 0.6 is 12.4 Å². The molecule has 2 N–H and O–H groups in total. The van der Waals surface area contributed by atoms with E-state index in [9.17, 15) is 4.79 Å². The molecule has 1 aromatic rings. The molecule has 0 bridgehead atoms. The molecule has 2 unspecified atom stereocenters. The number of amides is 1. The van der Waals surface area contributed by atoms with Gasteiger partial charge >= 0.3 is 0 Å². The highest BCUT2D eigenvalue weighted by Crippen LogP contribution is 2.36. The summed E-state index contributed by atoms with van der Waals surface area (Å²) in [5.74, 6) is 0.920. The first-order chi connectivity index (χ1) is 9.70. The molecule has 3 rings (SSSR count). The highest BCUT2D eigenvalue weighted by Gasteiger charge is 2.37. The van der Waals surface area contributed by atoms with Crippen molar-refractivity contribution in [3.8, 4) is 5.75 Å². The van der Waals surface area contributed by atoms with Crippen molar-refractivity contribution in [2.24, 2.45) is 11.7 Å². The number of carbonyl (C=O) groups is 1. The fraction of sp³-hybridized carbons (Fsp3) is 0.562. The zero-order valence-corrected chi connectivity index (χ0v) is 13.2. The Bertz CT molecular complexity index is 521. The Balaban J connectivity index is 0.00000161. The lowest BCUT2D eigenvalue weighted by molar-refractivity contribution is 0.0997. The first-order valence-corrected chi connectivity index (χ1v) is 7.40. The lowest BCUT2D eigenvalue weighted by atomic mass is 9.90. The zero-order chi connectivity index (χ0) is 14.1. The van der Waals surface area contributed by atoms with Crippen LogP contribution in [-0.4, -0.2) is 37.0 Å². The highest BCUT2D eigenvalue weighted by atomic mass is 35.5. The Kier molecular flexibility index (Phi) is 5.12. The molecule has 116 valence electrons. The standard InChI is InChI=1S/C16H22N2O2.ClH/c1-20-15-12(4-2-5-13(15)16(17)19)10-11-7-9-18-8-3-6-14(11)18;/h2,4-5,11,14H,3,6-10H2,1H3,(H2,17,19);1H. The van der Waals surface area contributed by atoms with Gasteiger partial charge in [-0.1, -0.05) is 12.1 Å². The fourth-order valence-corrected chi connectivity index (χ4v) is 3.89. The number of ether oxygens (including phenoxy) is 1. The molecule has 1 amide bonds. The number of methoxy groups -OCH3 is 1. The van der Waals surface area contributed by atoms with Crippen LogP contribution in [0.4, 0.5) is 0 Å². The molecule has 2 aliphatic heterocycles. The molecule has 2 aliphatic rings. The van der Waals surface area contributed by atoms with Gasteiger partial charge in [0.25, 0.3) is 5.91 Å². The average molecular weight is 311 g/mol. The number of benzene rings is 1. The van der Waals surface area contributed by atoms with E-state index in [1.807, 2.05) is 6.07 Å². The summed E-state index contributed by atoms with van der Waals surface area (Å²) in [6.45, 7) is 2.47. The number of primary amides is 1. The predicted octanol–water partition coefficient (Wildman–Crippen LogP) is 2.24. The van der Waals surface area contributed by atoms with Crippen LogP contribution in [0, 0.1) is 5.92 Å². The van der Waals surface area contributed by atoms with Crippen molar-refractivity contribution in [3.63, 3.8) is 0 Å². The Morgan fingerprint density at radius 3 is 2.90 bits per heavy atom. The molecule has 2 atom stereocenters. The van der Waals surface area contributed by atoms with Crippen LogP contribution in [0.15, 0.2) is 18.2 Å². The first kappa shape index (κ1) is 16.1. The minimum absolute atomic E-state index is 0. The molecule has 0 aromatic heterocycles. The second-order valence-corrected chi connectivity index (χ2v) is 5.86. The molecule has 2 fully saturated rings. The summed E-state index contributed by atoms with van der Waals surface area (Å²) in [5.41, 5.74) is 7.03. The minimum Gasteiger partial charge on any atom is -0.496 e. The summed E-state index contributed by atoms with van der Waals surface area (Å²) in [6, 6.07) is 6.42. The van der Waals surface area contributed by atoms with Crippen LogP contribution in [0.3, 0.4) is 0 Å².